The average Bonchev–Trinajstić information content (AvgIpc) is 2.92. The molecule has 128 valence electrons. The van der Waals surface area contributed by atoms with Crippen LogP contribution in [0.5, 0.6) is 0 Å². The lowest BCUT2D eigenvalue weighted by molar-refractivity contribution is -0.118. The number of nitrogens with two attached hydrogens (primary N) is 1. The third-order valence-corrected chi connectivity index (χ3v) is 5.32. The Morgan fingerprint density at radius 1 is 0.808 bits per heavy atom. The highest BCUT2D eigenvalue weighted by Gasteiger charge is 2.54. The van der Waals surface area contributed by atoms with Crippen molar-refractivity contribution in [3.63, 3.8) is 0 Å². The smallest absolute Gasteiger partial charge is 0.218 e. The van der Waals surface area contributed by atoms with Gasteiger partial charge in [0.25, 0.3) is 0 Å². The minimum absolute atomic E-state index is 0.0112. The third kappa shape index (κ3) is 2.28. The molecule has 0 aromatic heterocycles. The van der Waals surface area contributed by atoms with E-state index in [1.165, 1.54) is 0 Å². The zero-order valence-corrected chi connectivity index (χ0v) is 14.3. The van der Waals surface area contributed by atoms with E-state index in [4.69, 9.17) is 5.73 Å². The van der Waals surface area contributed by atoms with Gasteiger partial charge in [0, 0.05) is 17.9 Å². The molecule has 3 heteroatoms. The molecule has 3 aromatic rings. The van der Waals surface area contributed by atoms with E-state index in [2.05, 4.69) is 0 Å². The summed E-state index contributed by atoms with van der Waals surface area (Å²) in [7, 11) is 0. The Balaban J connectivity index is 2.10. The molecule has 0 bridgehead atoms. The molecule has 3 nitrogen and oxygen atoms in total. The number of rotatable bonds is 4. The van der Waals surface area contributed by atoms with Crippen LogP contribution in [0, 0.1) is 5.92 Å². The zero-order chi connectivity index (χ0) is 18.1. The molecule has 26 heavy (non-hydrogen) atoms. The Hall–Kier alpha value is -3.20. The van der Waals surface area contributed by atoms with Crippen molar-refractivity contribution in [1.29, 1.82) is 0 Å². The van der Waals surface area contributed by atoms with E-state index in [9.17, 15) is 9.59 Å². The van der Waals surface area contributed by atoms with Crippen LogP contribution in [0.4, 0.5) is 0 Å². The van der Waals surface area contributed by atoms with Gasteiger partial charge >= 0.3 is 0 Å². The Bertz CT molecular complexity index is 924. The summed E-state index contributed by atoms with van der Waals surface area (Å²) in [6.45, 7) is 0. The Morgan fingerprint density at radius 2 is 1.31 bits per heavy atom. The summed E-state index contributed by atoms with van der Waals surface area (Å²) in [5.74, 6) is -1.04. The van der Waals surface area contributed by atoms with Crippen molar-refractivity contribution in [3.05, 3.63) is 107 Å². The molecule has 0 spiro atoms. The summed E-state index contributed by atoms with van der Waals surface area (Å²) in [6.07, 6.45) is 0.0112. The fraction of sp³-hybridized carbons (Fsp3) is 0.130. The first-order valence-corrected chi connectivity index (χ1v) is 8.68. The highest BCUT2D eigenvalue weighted by Crippen LogP contribution is 2.53. The van der Waals surface area contributed by atoms with E-state index in [0.29, 0.717) is 5.56 Å². The van der Waals surface area contributed by atoms with Crippen LogP contribution in [-0.4, -0.2) is 11.7 Å². The lowest BCUT2D eigenvalue weighted by Crippen LogP contribution is -2.38. The molecule has 2 N–H and O–H groups in total. The fourth-order valence-electron chi connectivity index (χ4n) is 4.34. The number of Topliss-reactive ketones (excluding diaryl/α,β-unsaturated/α-hetero) is 1. The second kappa shape index (κ2) is 6.26. The summed E-state index contributed by atoms with van der Waals surface area (Å²) in [6, 6.07) is 27.5. The summed E-state index contributed by atoms with van der Waals surface area (Å²) in [5.41, 5.74) is 8.44. The SMILES string of the molecule is NC(=O)CC1C(=O)c2ccccc2C1(c1ccccc1)c1ccccc1. The summed E-state index contributed by atoms with van der Waals surface area (Å²) >= 11 is 0. The Morgan fingerprint density at radius 3 is 1.85 bits per heavy atom. The van der Waals surface area contributed by atoms with E-state index in [-0.39, 0.29) is 12.2 Å². The molecule has 1 amide bonds. The maximum Gasteiger partial charge on any atom is 0.218 e. The van der Waals surface area contributed by atoms with Gasteiger partial charge in [-0.05, 0) is 16.7 Å². The summed E-state index contributed by atoms with van der Waals surface area (Å²) in [5, 5.41) is 0. The molecular formula is C23H19NO2. The number of hydrogen-bond acceptors (Lipinski definition) is 2. The van der Waals surface area contributed by atoms with E-state index in [0.717, 1.165) is 16.7 Å². The van der Waals surface area contributed by atoms with Gasteiger partial charge in [0.2, 0.25) is 5.91 Å². The molecule has 0 saturated heterocycles. The first kappa shape index (κ1) is 16.3. The fourth-order valence-corrected chi connectivity index (χ4v) is 4.34. The van der Waals surface area contributed by atoms with Crippen LogP contribution in [0.15, 0.2) is 84.9 Å². The van der Waals surface area contributed by atoms with Crippen LogP contribution in [0.2, 0.25) is 0 Å². The molecule has 1 aliphatic carbocycles. The second-order valence-electron chi connectivity index (χ2n) is 6.67. The van der Waals surface area contributed by atoms with E-state index < -0.39 is 17.2 Å². The summed E-state index contributed by atoms with van der Waals surface area (Å²) in [4.78, 5) is 25.2. The van der Waals surface area contributed by atoms with E-state index in [1.54, 1.807) is 0 Å². The van der Waals surface area contributed by atoms with Crippen LogP contribution >= 0.6 is 0 Å². The van der Waals surface area contributed by atoms with Gasteiger partial charge in [0.05, 0.1) is 5.41 Å². The Labute approximate surface area is 152 Å². The van der Waals surface area contributed by atoms with Gasteiger partial charge in [-0.25, -0.2) is 0 Å². The molecule has 0 radical (unpaired) electrons. The van der Waals surface area contributed by atoms with Gasteiger partial charge in [0.15, 0.2) is 5.78 Å². The van der Waals surface area contributed by atoms with Crippen molar-refractivity contribution in [1.82, 2.24) is 0 Å². The molecular weight excluding hydrogens is 322 g/mol. The van der Waals surface area contributed by atoms with Crippen molar-refractivity contribution in [2.24, 2.45) is 11.7 Å². The van der Waals surface area contributed by atoms with Gasteiger partial charge in [-0.3, -0.25) is 9.59 Å². The predicted octanol–water partition coefficient (Wildman–Crippen LogP) is 3.71. The summed E-state index contributed by atoms with van der Waals surface area (Å²) < 4.78 is 0. The van der Waals surface area contributed by atoms with Gasteiger partial charge in [-0.1, -0.05) is 84.9 Å². The molecule has 0 heterocycles. The molecule has 1 atom stereocenters. The highest BCUT2D eigenvalue weighted by atomic mass is 16.1. The maximum atomic E-state index is 13.3. The molecule has 1 aliphatic rings. The number of fused-ring (bicyclic) bond motifs is 1. The number of hydrogen-bond donors (Lipinski definition) is 1. The van der Waals surface area contributed by atoms with Crippen LogP contribution in [0.25, 0.3) is 0 Å². The number of primary amides is 1. The van der Waals surface area contributed by atoms with Crippen molar-refractivity contribution >= 4 is 11.7 Å². The standard InChI is InChI=1S/C23H19NO2/c24-21(25)15-20-22(26)18-13-7-8-14-19(18)23(20,16-9-3-1-4-10-16)17-11-5-2-6-12-17/h1-14,20H,15H2,(H2,24,25). The first-order chi connectivity index (χ1) is 12.7. The first-order valence-electron chi connectivity index (χ1n) is 8.68. The largest absolute Gasteiger partial charge is 0.370 e. The Kier molecular flexibility index (Phi) is 3.92. The van der Waals surface area contributed by atoms with Crippen LogP contribution < -0.4 is 5.73 Å². The third-order valence-electron chi connectivity index (χ3n) is 5.32. The lowest BCUT2D eigenvalue weighted by Gasteiger charge is -2.36. The molecule has 0 fully saturated rings. The number of amides is 1. The zero-order valence-electron chi connectivity index (χ0n) is 14.3. The van der Waals surface area contributed by atoms with Crippen LogP contribution in [-0.2, 0) is 10.2 Å². The predicted molar refractivity (Wildman–Crippen MR) is 101 cm³/mol. The minimum Gasteiger partial charge on any atom is -0.370 e. The maximum absolute atomic E-state index is 13.3. The number of benzene rings is 3. The van der Waals surface area contributed by atoms with Gasteiger partial charge in [-0.15, -0.1) is 0 Å². The molecule has 3 aromatic carbocycles. The van der Waals surface area contributed by atoms with E-state index in [1.807, 2.05) is 84.9 Å². The lowest BCUT2D eigenvalue weighted by atomic mass is 9.64. The number of carbonyl (C=O) groups is 2. The molecule has 0 saturated carbocycles. The number of carbonyl (C=O) groups excluding carboxylic acids is 2. The van der Waals surface area contributed by atoms with E-state index >= 15 is 0 Å². The highest BCUT2D eigenvalue weighted by molar-refractivity contribution is 6.07. The second-order valence-corrected chi connectivity index (χ2v) is 6.67. The van der Waals surface area contributed by atoms with Crippen molar-refractivity contribution in [3.8, 4) is 0 Å². The molecule has 0 aliphatic heterocycles. The van der Waals surface area contributed by atoms with Crippen LogP contribution in [0.1, 0.15) is 33.5 Å². The van der Waals surface area contributed by atoms with Crippen molar-refractivity contribution in [2.75, 3.05) is 0 Å². The average molecular weight is 341 g/mol. The monoisotopic (exact) mass is 341 g/mol. The van der Waals surface area contributed by atoms with Crippen LogP contribution in [0.3, 0.4) is 0 Å². The van der Waals surface area contributed by atoms with Gasteiger partial charge in [-0.2, -0.15) is 0 Å². The minimum atomic E-state index is -0.717. The topological polar surface area (TPSA) is 60.2 Å². The van der Waals surface area contributed by atoms with Gasteiger partial charge in [0.1, 0.15) is 0 Å². The normalized spacial score (nSPS) is 17.7. The van der Waals surface area contributed by atoms with Crippen molar-refractivity contribution < 1.29 is 9.59 Å². The molecule has 4 rings (SSSR count). The van der Waals surface area contributed by atoms with Crippen molar-refractivity contribution in [2.45, 2.75) is 11.8 Å². The molecule has 1 unspecified atom stereocenters. The quantitative estimate of drug-likeness (QED) is 0.786. The number of ketones is 1. The van der Waals surface area contributed by atoms with Gasteiger partial charge < -0.3 is 5.73 Å².